The molecule has 0 radical (unpaired) electrons. The molecule has 0 aliphatic carbocycles. The number of rotatable bonds is 7. The van der Waals surface area contributed by atoms with Crippen molar-refractivity contribution in [3.63, 3.8) is 0 Å². The summed E-state index contributed by atoms with van der Waals surface area (Å²) in [6.07, 6.45) is 3.08. The Labute approximate surface area is 163 Å². The monoisotopic (exact) mass is 384 g/mol. The van der Waals surface area contributed by atoms with Gasteiger partial charge in [0.25, 0.3) is 5.91 Å². The minimum absolute atomic E-state index is 0.209. The van der Waals surface area contributed by atoms with Crippen LogP contribution in [-0.2, 0) is 9.53 Å². The molecule has 1 aliphatic heterocycles. The van der Waals surface area contributed by atoms with Gasteiger partial charge in [-0.05, 0) is 19.1 Å². The van der Waals surface area contributed by atoms with Crippen LogP contribution in [0, 0.1) is 6.92 Å². The van der Waals surface area contributed by atoms with Crippen molar-refractivity contribution < 1.29 is 19.1 Å². The van der Waals surface area contributed by atoms with Crippen molar-refractivity contribution in [3.8, 4) is 5.75 Å². The molecular formula is C20H24N4O4. The molecule has 1 aliphatic rings. The summed E-state index contributed by atoms with van der Waals surface area (Å²) in [5, 5.41) is 2.81. The summed E-state index contributed by atoms with van der Waals surface area (Å²) in [5.74, 6) is 0.138. The minimum atomic E-state index is -0.638. The topological polar surface area (TPSA) is 93.7 Å². The number of amides is 2. The first-order valence-corrected chi connectivity index (χ1v) is 9.16. The van der Waals surface area contributed by atoms with Crippen LogP contribution in [0.1, 0.15) is 22.6 Å². The maximum absolute atomic E-state index is 13.0. The van der Waals surface area contributed by atoms with E-state index in [2.05, 4.69) is 15.3 Å². The zero-order chi connectivity index (χ0) is 19.9. The van der Waals surface area contributed by atoms with Crippen molar-refractivity contribution >= 4 is 11.8 Å². The van der Waals surface area contributed by atoms with E-state index in [-0.39, 0.29) is 23.6 Å². The van der Waals surface area contributed by atoms with E-state index in [4.69, 9.17) is 9.47 Å². The SMILES string of the molecule is COCCNC(=O)C1CC(Oc2ccccc2)CN1C(=O)c1cnc(C)cn1. The number of methoxy groups -OCH3 is 1. The smallest absolute Gasteiger partial charge is 0.274 e. The Kier molecular flexibility index (Phi) is 6.54. The average molecular weight is 384 g/mol. The summed E-state index contributed by atoms with van der Waals surface area (Å²) in [5.41, 5.74) is 0.928. The molecule has 1 aromatic carbocycles. The molecule has 3 rings (SSSR count). The van der Waals surface area contributed by atoms with E-state index in [1.54, 1.807) is 14.0 Å². The molecule has 2 atom stereocenters. The number of ether oxygens (including phenoxy) is 2. The molecule has 8 nitrogen and oxygen atoms in total. The summed E-state index contributed by atoms with van der Waals surface area (Å²) >= 11 is 0. The highest BCUT2D eigenvalue weighted by molar-refractivity contribution is 5.96. The van der Waals surface area contributed by atoms with Crippen LogP contribution >= 0.6 is 0 Å². The lowest BCUT2D eigenvalue weighted by Gasteiger charge is -2.23. The molecule has 1 saturated heterocycles. The average Bonchev–Trinajstić information content (AvgIpc) is 3.13. The molecular weight excluding hydrogens is 360 g/mol. The lowest BCUT2D eigenvalue weighted by atomic mass is 10.1. The van der Waals surface area contributed by atoms with Crippen LogP contribution in [0.15, 0.2) is 42.7 Å². The van der Waals surface area contributed by atoms with Crippen molar-refractivity contribution in [3.05, 3.63) is 54.1 Å². The largest absolute Gasteiger partial charge is 0.488 e. The Morgan fingerprint density at radius 2 is 2.00 bits per heavy atom. The maximum Gasteiger partial charge on any atom is 0.274 e. The van der Waals surface area contributed by atoms with Gasteiger partial charge in [-0.2, -0.15) is 0 Å². The fourth-order valence-electron chi connectivity index (χ4n) is 3.09. The van der Waals surface area contributed by atoms with Gasteiger partial charge in [0.2, 0.25) is 5.91 Å². The zero-order valence-corrected chi connectivity index (χ0v) is 16.0. The van der Waals surface area contributed by atoms with E-state index in [0.29, 0.717) is 31.9 Å². The number of nitrogens with zero attached hydrogens (tertiary/aromatic N) is 3. The number of nitrogens with one attached hydrogen (secondary N) is 1. The highest BCUT2D eigenvalue weighted by atomic mass is 16.5. The third-order valence-electron chi connectivity index (χ3n) is 4.48. The molecule has 8 heteroatoms. The van der Waals surface area contributed by atoms with E-state index < -0.39 is 6.04 Å². The molecule has 28 heavy (non-hydrogen) atoms. The minimum Gasteiger partial charge on any atom is -0.488 e. The molecule has 2 aromatic rings. The number of likely N-dealkylation sites (tertiary alicyclic amines) is 1. The number of para-hydroxylation sites is 1. The maximum atomic E-state index is 13.0. The lowest BCUT2D eigenvalue weighted by molar-refractivity contribution is -0.125. The summed E-state index contributed by atoms with van der Waals surface area (Å²) in [6.45, 7) is 2.88. The quantitative estimate of drug-likeness (QED) is 0.721. The Morgan fingerprint density at radius 1 is 1.21 bits per heavy atom. The van der Waals surface area contributed by atoms with Gasteiger partial charge in [-0.15, -0.1) is 0 Å². The molecule has 2 unspecified atom stereocenters. The Hall–Kier alpha value is -3.00. The number of hydrogen-bond donors (Lipinski definition) is 1. The first-order chi connectivity index (χ1) is 13.6. The van der Waals surface area contributed by atoms with E-state index in [0.717, 1.165) is 5.69 Å². The second-order valence-electron chi connectivity index (χ2n) is 6.59. The van der Waals surface area contributed by atoms with Crippen LogP contribution in [0.3, 0.4) is 0 Å². The van der Waals surface area contributed by atoms with Crippen molar-refractivity contribution in [2.75, 3.05) is 26.8 Å². The number of carbonyl (C=O) groups excluding carboxylic acids is 2. The fourth-order valence-corrected chi connectivity index (χ4v) is 3.09. The van der Waals surface area contributed by atoms with Crippen molar-refractivity contribution in [2.24, 2.45) is 0 Å². The fraction of sp³-hybridized carbons (Fsp3) is 0.400. The predicted octanol–water partition coefficient (Wildman–Crippen LogP) is 1.21. The van der Waals surface area contributed by atoms with Crippen molar-refractivity contribution in [1.82, 2.24) is 20.2 Å². The van der Waals surface area contributed by atoms with E-state index >= 15 is 0 Å². The van der Waals surface area contributed by atoms with E-state index in [1.165, 1.54) is 17.3 Å². The lowest BCUT2D eigenvalue weighted by Crippen LogP contribution is -2.46. The van der Waals surface area contributed by atoms with Crippen molar-refractivity contribution in [1.29, 1.82) is 0 Å². The molecule has 2 heterocycles. The molecule has 0 saturated carbocycles. The van der Waals surface area contributed by atoms with Crippen LogP contribution in [0.4, 0.5) is 0 Å². The number of aryl methyl sites for hydroxylation is 1. The van der Waals surface area contributed by atoms with Crippen LogP contribution in [-0.4, -0.2) is 65.6 Å². The first-order valence-electron chi connectivity index (χ1n) is 9.16. The number of aromatic nitrogens is 2. The molecule has 1 fully saturated rings. The highest BCUT2D eigenvalue weighted by Gasteiger charge is 2.41. The Morgan fingerprint density at radius 3 is 2.68 bits per heavy atom. The summed E-state index contributed by atoms with van der Waals surface area (Å²) < 4.78 is 11.0. The normalized spacial score (nSPS) is 18.7. The zero-order valence-electron chi connectivity index (χ0n) is 16.0. The van der Waals surface area contributed by atoms with Gasteiger partial charge in [0.1, 0.15) is 23.6 Å². The Balaban J connectivity index is 1.75. The second-order valence-corrected chi connectivity index (χ2v) is 6.59. The number of benzene rings is 1. The van der Waals surface area contributed by atoms with Gasteiger partial charge in [0.15, 0.2) is 0 Å². The van der Waals surface area contributed by atoms with Gasteiger partial charge < -0.3 is 19.7 Å². The molecule has 0 spiro atoms. The molecule has 148 valence electrons. The van der Waals surface area contributed by atoms with E-state index in [9.17, 15) is 9.59 Å². The second kappa shape index (κ2) is 9.27. The summed E-state index contributed by atoms with van der Waals surface area (Å²) in [4.78, 5) is 35.4. The van der Waals surface area contributed by atoms with Gasteiger partial charge in [0, 0.05) is 26.3 Å². The van der Waals surface area contributed by atoms with Gasteiger partial charge in [-0.3, -0.25) is 14.6 Å². The molecule has 1 N–H and O–H groups in total. The van der Waals surface area contributed by atoms with Crippen LogP contribution in [0.5, 0.6) is 5.75 Å². The molecule has 2 amide bonds. The first kappa shape index (κ1) is 19.8. The third-order valence-corrected chi connectivity index (χ3v) is 4.48. The number of hydrogen-bond acceptors (Lipinski definition) is 6. The van der Waals surface area contributed by atoms with Gasteiger partial charge in [-0.1, -0.05) is 18.2 Å². The summed E-state index contributed by atoms with van der Waals surface area (Å²) in [6, 6.07) is 8.72. The van der Waals surface area contributed by atoms with Gasteiger partial charge in [-0.25, -0.2) is 4.98 Å². The van der Waals surface area contributed by atoms with Crippen LogP contribution < -0.4 is 10.1 Å². The third kappa shape index (κ3) is 4.83. The van der Waals surface area contributed by atoms with Crippen LogP contribution in [0.25, 0.3) is 0 Å². The Bertz CT molecular complexity index is 798. The number of carbonyl (C=O) groups is 2. The van der Waals surface area contributed by atoms with Gasteiger partial charge >= 0.3 is 0 Å². The highest BCUT2D eigenvalue weighted by Crippen LogP contribution is 2.24. The van der Waals surface area contributed by atoms with Crippen molar-refractivity contribution in [2.45, 2.75) is 25.5 Å². The predicted molar refractivity (Wildman–Crippen MR) is 102 cm³/mol. The van der Waals surface area contributed by atoms with Crippen LogP contribution in [0.2, 0.25) is 0 Å². The summed E-state index contributed by atoms with van der Waals surface area (Å²) in [7, 11) is 1.57. The standard InChI is InChI=1S/C20H24N4O4/c1-14-11-23-17(12-22-14)20(26)24-13-16(28-15-6-4-3-5-7-15)10-18(24)19(25)21-8-9-27-2/h3-7,11-12,16,18H,8-10,13H2,1-2H3,(H,21,25). The molecule has 1 aromatic heterocycles. The van der Waals surface area contributed by atoms with E-state index in [1.807, 2.05) is 30.3 Å². The molecule has 0 bridgehead atoms. The van der Waals surface area contributed by atoms with Gasteiger partial charge in [0.05, 0.1) is 25.0 Å².